The maximum atomic E-state index is 12.5. The van der Waals surface area contributed by atoms with Gasteiger partial charge in [-0.25, -0.2) is 0 Å². The zero-order valence-electron chi connectivity index (χ0n) is 11.4. The van der Waals surface area contributed by atoms with Gasteiger partial charge < -0.3 is 14.4 Å². The Hall–Kier alpha value is -1.88. The van der Waals surface area contributed by atoms with E-state index in [0.717, 1.165) is 12.8 Å². The van der Waals surface area contributed by atoms with Crippen molar-refractivity contribution in [1.29, 1.82) is 0 Å². The lowest BCUT2D eigenvalue weighted by Crippen LogP contribution is -2.43. The van der Waals surface area contributed by atoms with Crippen molar-refractivity contribution in [2.75, 3.05) is 25.2 Å². The van der Waals surface area contributed by atoms with Crippen molar-refractivity contribution >= 4 is 17.4 Å². The molecule has 1 saturated heterocycles. The predicted octanol–water partition coefficient (Wildman–Crippen LogP) is 1.79. The molecule has 5 heteroatoms. The molecule has 2 heterocycles. The van der Waals surface area contributed by atoms with Gasteiger partial charge in [0.15, 0.2) is 5.78 Å². The van der Waals surface area contributed by atoms with E-state index in [1.165, 1.54) is 0 Å². The summed E-state index contributed by atoms with van der Waals surface area (Å²) in [6, 6.07) is 5.22. The monoisotopic (exact) mass is 275 g/mol. The van der Waals surface area contributed by atoms with Crippen LogP contribution in [0.3, 0.4) is 0 Å². The lowest BCUT2D eigenvalue weighted by atomic mass is 9.99. The number of hydrogen-bond donors (Lipinski definition) is 0. The third-order valence-electron chi connectivity index (χ3n) is 3.83. The van der Waals surface area contributed by atoms with Crippen LogP contribution < -0.4 is 9.64 Å². The van der Waals surface area contributed by atoms with Crippen LogP contribution in [0, 0.1) is 0 Å². The predicted molar refractivity (Wildman–Crippen MR) is 73.3 cm³/mol. The van der Waals surface area contributed by atoms with Gasteiger partial charge in [-0.2, -0.15) is 0 Å². The molecular formula is C15H17NO4. The minimum atomic E-state index is -0.373. The molecule has 2 aliphatic heterocycles. The third kappa shape index (κ3) is 2.18. The minimum Gasteiger partial charge on any atom is -0.497 e. The van der Waals surface area contributed by atoms with Gasteiger partial charge in [-0.05, 0) is 25.0 Å². The number of carbonyl (C=O) groups excluding carboxylic acids is 2. The second-order valence-electron chi connectivity index (χ2n) is 5.05. The lowest BCUT2D eigenvalue weighted by molar-refractivity contribution is -0.127. The highest BCUT2D eigenvalue weighted by Gasteiger charge is 2.33. The number of amides is 1. The molecule has 0 aliphatic carbocycles. The molecule has 0 spiro atoms. The first-order valence-electron chi connectivity index (χ1n) is 6.85. The molecule has 1 amide bonds. The van der Waals surface area contributed by atoms with E-state index in [1.807, 2.05) is 0 Å². The summed E-state index contributed by atoms with van der Waals surface area (Å²) < 4.78 is 10.6. The first kappa shape index (κ1) is 13.1. The summed E-state index contributed by atoms with van der Waals surface area (Å²) in [7, 11) is 1.57. The maximum Gasteiger partial charge on any atom is 0.256 e. The number of benzene rings is 1. The molecule has 0 radical (unpaired) electrons. The van der Waals surface area contributed by atoms with Crippen LogP contribution in [0.1, 0.15) is 29.6 Å². The van der Waals surface area contributed by atoms with E-state index in [9.17, 15) is 9.59 Å². The molecule has 1 atom stereocenters. The number of methoxy groups -OCH3 is 1. The highest BCUT2D eigenvalue weighted by atomic mass is 16.5. The second-order valence-corrected chi connectivity index (χ2v) is 5.05. The number of ether oxygens (including phenoxy) is 2. The highest BCUT2D eigenvalue weighted by molar-refractivity contribution is 6.09. The highest BCUT2D eigenvalue weighted by Crippen LogP contribution is 2.32. The van der Waals surface area contributed by atoms with Crippen LogP contribution in [0.15, 0.2) is 18.2 Å². The van der Waals surface area contributed by atoms with Gasteiger partial charge in [-0.3, -0.25) is 9.59 Å². The van der Waals surface area contributed by atoms with Crippen molar-refractivity contribution in [1.82, 2.24) is 0 Å². The van der Waals surface area contributed by atoms with Gasteiger partial charge >= 0.3 is 0 Å². The molecule has 0 bridgehead atoms. The van der Waals surface area contributed by atoms with E-state index in [1.54, 1.807) is 30.2 Å². The van der Waals surface area contributed by atoms with E-state index < -0.39 is 0 Å². The Morgan fingerprint density at radius 2 is 2.30 bits per heavy atom. The molecule has 1 fully saturated rings. The summed E-state index contributed by atoms with van der Waals surface area (Å²) >= 11 is 0. The average Bonchev–Trinajstić information content (AvgIpc) is 3.01. The number of Topliss-reactive ketones (excluding diaryl/α,β-unsaturated/α-hetero) is 1. The fourth-order valence-electron chi connectivity index (χ4n) is 2.74. The molecule has 106 valence electrons. The first-order chi connectivity index (χ1) is 9.70. The van der Waals surface area contributed by atoms with Crippen LogP contribution >= 0.6 is 0 Å². The van der Waals surface area contributed by atoms with E-state index >= 15 is 0 Å². The van der Waals surface area contributed by atoms with Crippen LogP contribution in [-0.4, -0.2) is 38.1 Å². The van der Waals surface area contributed by atoms with Crippen molar-refractivity contribution in [2.45, 2.75) is 25.4 Å². The Kier molecular flexibility index (Phi) is 3.44. The van der Waals surface area contributed by atoms with Crippen molar-refractivity contribution in [3.05, 3.63) is 23.8 Å². The van der Waals surface area contributed by atoms with Gasteiger partial charge in [0.25, 0.3) is 5.91 Å². The van der Waals surface area contributed by atoms with E-state index in [2.05, 4.69) is 0 Å². The maximum absolute atomic E-state index is 12.5. The Labute approximate surface area is 117 Å². The summed E-state index contributed by atoms with van der Waals surface area (Å²) in [5.74, 6) is 0.659. The molecule has 1 unspecified atom stereocenters. The summed E-state index contributed by atoms with van der Waals surface area (Å²) in [5.41, 5.74) is 1.23. The molecule has 1 aromatic carbocycles. The second kappa shape index (κ2) is 5.25. The van der Waals surface area contributed by atoms with Gasteiger partial charge in [-0.15, -0.1) is 0 Å². The van der Waals surface area contributed by atoms with Gasteiger partial charge in [0.2, 0.25) is 0 Å². The van der Waals surface area contributed by atoms with E-state index in [-0.39, 0.29) is 17.8 Å². The smallest absolute Gasteiger partial charge is 0.256 e. The number of nitrogens with zero attached hydrogens (tertiary/aromatic N) is 1. The van der Waals surface area contributed by atoms with Crippen LogP contribution in [0.25, 0.3) is 0 Å². The summed E-state index contributed by atoms with van der Waals surface area (Å²) in [4.78, 5) is 26.1. The molecule has 1 aromatic rings. The first-order valence-corrected chi connectivity index (χ1v) is 6.85. The number of anilines is 1. The fourth-order valence-corrected chi connectivity index (χ4v) is 2.74. The van der Waals surface area contributed by atoms with Gasteiger partial charge in [0, 0.05) is 31.2 Å². The molecule has 3 rings (SSSR count). The van der Waals surface area contributed by atoms with Crippen molar-refractivity contribution in [3.8, 4) is 5.75 Å². The topological polar surface area (TPSA) is 55.8 Å². The molecule has 2 aliphatic rings. The third-order valence-corrected chi connectivity index (χ3v) is 3.83. The van der Waals surface area contributed by atoms with Crippen LogP contribution in [0.4, 0.5) is 5.69 Å². The number of fused-ring (bicyclic) bond motifs is 1. The Morgan fingerprint density at radius 3 is 3.00 bits per heavy atom. The molecule has 0 N–H and O–H groups in total. The number of carbonyl (C=O) groups is 2. The van der Waals surface area contributed by atoms with Gasteiger partial charge in [-0.1, -0.05) is 0 Å². The lowest BCUT2D eigenvalue weighted by Gasteiger charge is -2.30. The van der Waals surface area contributed by atoms with Crippen molar-refractivity contribution in [2.24, 2.45) is 0 Å². The molecule has 0 aromatic heterocycles. The molecular weight excluding hydrogens is 258 g/mol. The Morgan fingerprint density at radius 1 is 1.45 bits per heavy atom. The van der Waals surface area contributed by atoms with Crippen LogP contribution in [0.2, 0.25) is 0 Å². The standard InChI is InChI=1S/C15H17NO4/c1-19-10-4-5-11-12(9-10)16(7-6-13(11)17)15(18)14-3-2-8-20-14/h4-5,9,14H,2-3,6-8H2,1H3. The van der Waals surface area contributed by atoms with E-state index in [4.69, 9.17) is 9.47 Å². The minimum absolute atomic E-state index is 0.0514. The summed E-state index contributed by atoms with van der Waals surface area (Å²) in [6.07, 6.45) is 1.65. The van der Waals surface area contributed by atoms with Crippen molar-refractivity contribution < 1.29 is 19.1 Å². The van der Waals surface area contributed by atoms with Gasteiger partial charge in [0.05, 0.1) is 12.8 Å². The fraction of sp³-hybridized carbons (Fsp3) is 0.467. The quantitative estimate of drug-likeness (QED) is 0.825. The summed E-state index contributed by atoms with van der Waals surface area (Å²) in [5, 5.41) is 0. The number of hydrogen-bond acceptors (Lipinski definition) is 4. The Bertz CT molecular complexity index is 549. The zero-order chi connectivity index (χ0) is 14.1. The number of ketones is 1. The molecule has 20 heavy (non-hydrogen) atoms. The largest absolute Gasteiger partial charge is 0.497 e. The van der Waals surface area contributed by atoms with Gasteiger partial charge in [0.1, 0.15) is 11.9 Å². The van der Waals surface area contributed by atoms with Crippen molar-refractivity contribution in [3.63, 3.8) is 0 Å². The summed E-state index contributed by atoms with van der Waals surface area (Å²) in [6.45, 7) is 1.05. The van der Waals surface area contributed by atoms with Crippen LogP contribution in [-0.2, 0) is 9.53 Å². The van der Waals surface area contributed by atoms with E-state index in [0.29, 0.717) is 36.6 Å². The normalized spacial score (nSPS) is 21.8. The van der Waals surface area contributed by atoms with Crippen LogP contribution in [0.5, 0.6) is 5.75 Å². The molecule has 5 nitrogen and oxygen atoms in total. The average molecular weight is 275 g/mol. The SMILES string of the molecule is COc1ccc2c(c1)N(C(=O)C1CCCO1)CCC2=O. The number of rotatable bonds is 2. The molecule has 0 saturated carbocycles. The Balaban J connectivity index is 1.96. The zero-order valence-corrected chi connectivity index (χ0v) is 11.4.